The van der Waals surface area contributed by atoms with Gasteiger partial charge in [0, 0.05) is 23.2 Å². The minimum Gasteiger partial charge on any atom is -0.378 e. The van der Waals surface area contributed by atoms with Gasteiger partial charge in [0.1, 0.15) is 0 Å². The highest BCUT2D eigenvalue weighted by atomic mass is 35.5. The monoisotopic (exact) mass is 273 g/mol. The van der Waals surface area contributed by atoms with Crippen molar-refractivity contribution in [2.75, 3.05) is 7.11 Å². The van der Waals surface area contributed by atoms with E-state index in [1.165, 1.54) is 6.42 Å². The van der Waals surface area contributed by atoms with E-state index in [2.05, 4.69) is 0 Å². The first kappa shape index (κ1) is 13.2. The van der Waals surface area contributed by atoms with E-state index in [0.717, 1.165) is 24.8 Å². The average molecular weight is 274 g/mol. The zero-order valence-corrected chi connectivity index (χ0v) is 11.4. The van der Waals surface area contributed by atoms with Gasteiger partial charge < -0.3 is 10.5 Å². The summed E-state index contributed by atoms with van der Waals surface area (Å²) in [7, 11) is 1.76. The minimum absolute atomic E-state index is 0.0393. The van der Waals surface area contributed by atoms with Crippen molar-refractivity contribution in [3.8, 4) is 0 Å². The van der Waals surface area contributed by atoms with Gasteiger partial charge in [-0.2, -0.15) is 0 Å². The number of benzene rings is 1. The van der Waals surface area contributed by atoms with Gasteiger partial charge in [-0.05, 0) is 43.4 Å². The highest BCUT2D eigenvalue weighted by Gasteiger charge is 2.38. The topological polar surface area (TPSA) is 35.2 Å². The number of nitrogens with two attached hydrogens (primary N) is 1. The molecule has 1 aromatic carbocycles. The summed E-state index contributed by atoms with van der Waals surface area (Å²) in [4.78, 5) is 0. The number of methoxy groups -OCH3 is 1. The fraction of sp³-hybridized carbons (Fsp3) is 0.538. The Morgan fingerprint density at radius 3 is 2.59 bits per heavy atom. The molecule has 2 rings (SSSR count). The lowest BCUT2D eigenvalue weighted by molar-refractivity contribution is -0.0816. The summed E-state index contributed by atoms with van der Waals surface area (Å²) in [6.07, 6.45) is 4.20. The molecule has 1 aliphatic rings. The van der Waals surface area contributed by atoms with Crippen LogP contribution >= 0.6 is 23.2 Å². The lowest BCUT2D eigenvalue weighted by Crippen LogP contribution is -2.41. The third-order valence-electron chi connectivity index (χ3n) is 3.65. The molecule has 1 unspecified atom stereocenters. The predicted octanol–water partition coefficient (Wildman–Crippen LogP) is 3.95. The van der Waals surface area contributed by atoms with Gasteiger partial charge in [0.15, 0.2) is 0 Å². The number of rotatable bonds is 4. The van der Waals surface area contributed by atoms with Crippen molar-refractivity contribution in [1.82, 2.24) is 0 Å². The van der Waals surface area contributed by atoms with E-state index in [4.69, 9.17) is 33.7 Å². The summed E-state index contributed by atoms with van der Waals surface area (Å²) in [6.45, 7) is 0. The Kier molecular flexibility index (Phi) is 3.99. The maximum atomic E-state index is 6.21. The van der Waals surface area contributed by atoms with Crippen LogP contribution in [-0.2, 0) is 4.74 Å². The molecule has 0 saturated heterocycles. The standard InChI is InChI=1S/C13H17Cl2NO/c1-17-13(5-2-6-13)8-12(16)10-4-3-9(14)7-11(10)15/h3-4,7,12H,2,5-6,8,16H2,1H3. The molecule has 1 atom stereocenters. The molecule has 0 spiro atoms. The second-order valence-electron chi connectivity index (χ2n) is 4.72. The average Bonchev–Trinajstić information content (AvgIpc) is 2.23. The van der Waals surface area contributed by atoms with Crippen LogP contribution in [0.1, 0.15) is 37.3 Å². The summed E-state index contributed by atoms with van der Waals surface area (Å²) in [5.74, 6) is 0. The van der Waals surface area contributed by atoms with Crippen LogP contribution in [0.15, 0.2) is 18.2 Å². The molecular weight excluding hydrogens is 257 g/mol. The molecule has 0 bridgehead atoms. The fourth-order valence-electron chi connectivity index (χ4n) is 2.38. The molecule has 0 radical (unpaired) electrons. The van der Waals surface area contributed by atoms with Crippen LogP contribution in [0.4, 0.5) is 0 Å². The van der Waals surface area contributed by atoms with Crippen LogP contribution in [0.2, 0.25) is 10.0 Å². The third kappa shape index (κ3) is 2.76. The number of ether oxygens (including phenoxy) is 1. The van der Waals surface area contributed by atoms with Crippen molar-refractivity contribution in [2.24, 2.45) is 5.73 Å². The zero-order valence-electron chi connectivity index (χ0n) is 9.88. The minimum atomic E-state index is -0.0972. The lowest BCUT2D eigenvalue weighted by Gasteiger charge is -2.42. The molecule has 0 heterocycles. The summed E-state index contributed by atoms with van der Waals surface area (Å²) in [5.41, 5.74) is 7.11. The van der Waals surface area contributed by atoms with Gasteiger partial charge in [-0.15, -0.1) is 0 Å². The second kappa shape index (κ2) is 5.15. The third-order valence-corrected chi connectivity index (χ3v) is 4.21. The van der Waals surface area contributed by atoms with E-state index in [9.17, 15) is 0 Å². The molecular formula is C13H17Cl2NO. The molecule has 1 fully saturated rings. The van der Waals surface area contributed by atoms with Crippen LogP contribution in [-0.4, -0.2) is 12.7 Å². The fourth-order valence-corrected chi connectivity index (χ4v) is 2.92. The Labute approximate surface area is 112 Å². The van der Waals surface area contributed by atoms with Crippen molar-refractivity contribution in [2.45, 2.75) is 37.3 Å². The first-order valence-electron chi connectivity index (χ1n) is 5.82. The van der Waals surface area contributed by atoms with Crippen LogP contribution < -0.4 is 5.73 Å². The Morgan fingerprint density at radius 2 is 2.12 bits per heavy atom. The van der Waals surface area contributed by atoms with Crippen LogP contribution in [0.5, 0.6) is 0 Å². The van der Waals surface area contributed by atoms with Crippen molar-refractivity contribution in [3.05, 3.63) is 33.8 Å². The highest BCUT2D eigenvalue weighted by molar-refractivity contribution is 6.35. The molecule has 1 aromatic rings. The van der Waals surface area contributed by atoms with Gasteiger partial charge in [-0.3, -0.25) is 0 Å². The quantitative estimate of drug-likeness (QED) is 0.902. The first-order chi connectivity index (χ1) is 8.06. The zero-order chi connectivity index (χ0) is 12.5. The molecule has 1 saturated carbocycles. The van der Waals surface area contributed by atoms with Crippen molar-refractivity contribution in [3.63, 3.8) is 0 Å². The molecule has 17 heavy (non-hydrogen) atoms. The smallest absolute Gasteiger partial charge is 0.0696 e. The SMILES string of the molecule is COC1(CC(N)c2ccc(Cl)cc2Cl)CCC1. The number of hydrogen-bond acceptors (Lipinski definition) is 2. The molecule has 0 aliphatic heterocycles. The van der Waals surface area contributed by atoms with E-state index in [1.54, 1.807) is 13.2 Å². The molecule has 4 heteroatoms. The molecule has 0 amide bonds. The molecule has 2 nitrogen and oxygen atoms in total. The first-order valence-corrected chi connectivity index (χ1v) is 6.58. The summed E-state index contributed by atoms with van der Waals surface area (Å²) < 4.78 is 5.58. The van der Waals surface area contributed by atoms with Crippen LogP contribution in [0.25, 0.3) is 0 Å². The number of hydrogen-bond donors (Lipinski definition) is 1. The molecule has 0 aromatic heterocycles. The summed E-state index contributed by atoms with van der Waals surface area (Å²) >= 11 is 12.0. The van der Waals surface area contributed by atoms with E-state index in [1.807, 2.05) is 12.1 Å². The largest absolute Gasteiger partial charge is 0.378 e. The Balaban J connectivity index is 2.11. The van der Waals surface area contributed by atoms with Crippen molar-refractivity contribution < 1.29 is 4.74 Å². The van der Waals surface area contributed by atoms with Gasteiger partial charge in [0.25, 0.3) is 0 Å². The molecule has 94 valence electrons. The lowest BCUT2D eigenvalue weighted by atomic mass is 9.75. The molecule has 1 aliphatic carbocycles. The highest BCUT2D eigenvalue weighted by Crippen LogP contribution is 2.42. The van der Waals surface area contributed by atoms with Gasteiger partial charge in [0.05, 0.1) is 5.60 Å². The summed E-state index contributed by atoms with van der Waals surface area (Å²) in [6, 6.07) is 5.36. The number of halogens is 2. The van der Waals surface area contributed by atoms with Crippen LogP contribution in [0, 0.1) is 0 Å². The van der Waals surface area contributed by atoms with Crippen molar-refractivity contribution in [1.29, 1.82) is 0 Å². The molecule has 2 N–H and O–H groups in total. The van der Waals surface area contributed by atoms with E-state index in [0.29, 0.717) is 10.0 Å². The van der Waals surface area contributed by atoms with E-state index in [-0.39, 0.29) is 11.6 Å². The predicted molar refractivity (Wildman–Crippen MR) is 71.6 cm³/mol. The normalized spacial score (nSPS) is 19.8. The van der Waals surface area contributed by atoms with Gasteiger partial charge in [-0.1, -0.05) is 29.3 Å². The maximum absolute atomic E-state index is 6.21. The van der Waals surface area contributed by atoms with Gasteiger partial charge in [-0.25, -0.2) is 0 Å². The van der Waals surface area contributed by atoms with Gasteiger partial charge in [0.2, 0.25) is 0 Å². The van der Waals surface area contributed by atoms with Crippen LogP contribution in [0.3, 0.4) is 0 Å². The van der Waals surface area contributed by atoms with Gasteiger partial charge >= 0.3 is 0 Å². The Bertz CT molecular complexity index is 399. The summed E-state index contributed by atoms with van der Waals surface area (Å²) in [5, 5.41) is 1.27. The second-order valence-corrected chi connectivity index (χ2v) is 5.56. The van der Waals surface area contributed by atoms with E-state index >= 15 is 0 Å². The Hall–Kier alpha value is -0.280. The van der Waals surface area contributed by atoms with Crippen molar-refractivity contribution >= 4 is 23.2 Å². The van der Waals surface area contributed by atoms with E-state index < -0.39 is 0 Å². The maximum Gasteiger partial charge on any atom is 0.0696 e. The Morgan fingerprint density at radius 1 is 1.41 bits per heavy atom.